The maximum Gasteiger partial charge on any atom is 0.0294 e. The zero-order valence-electron chi connectivity index (χ0n) is 6.08. The third kappa shape index (κ3) is 3.71. The van der Waals surface area contributed by atoms with E-state index in [4.69, 9.17) is 11.5 Å². The molecule has 0 aliphatic rings. The van der Waals surface area contributed by atoms with Crippen LogP contribution in [0, 0.1) is 0 Å². The van der Waals surface area contributed by atoms with Gasteiger partial charge < -0.3 is 11.5 Å². The predicted molar refractivity (Wildman–Crippen MR) is 52.9 cm³/mol. The summed E-state index contributed by atoms with van der Waals surface area (Å²) in [4.78, 5) is 0. The van der Waals surface area contributed by atoms with Crippen molar-refractivity contribution in [3.05, 3.63) is 0 Å². The van der Waals surface area contributed by atoms with E-state index in [1.807, 2.05) is 0 Å². The van der Waals surface area contributed by atoms with Crippen molar-refractivity contribution in [3.63, 3.8) is 0 Å². The van der Waals surface area contributed by atoms with Gasteiger partial charge in [0.1, 0.15) is 0 Å². The summed E-state index contributed by atoms with van der Waals surface area (Å²) < 4.78 is 0. The highest BCUT2D eigenvalue weighted by Crippen LogP contribution is 2.11. The third-order valence-electron chi connectivity index (χ3n) is 1.63. The largest absolute Gasteiger partial charge is 0.329 e. The SMILES string of the molecule is NCC(N)(CCS)CCS. The van der Waals surface area contributed by atoms with Gasteiger partial charge in [0.25, 0.3) is 0 Å². The maximum absolute atomic E-state index is 5.90. The minimum absolute atomic E-state index is 0.233. The highest BCUT2D eigenvalue weighted by molar-refractivity contribution is 7.80. The van der Waals surface area contributed by atoms with Crippen molar-refractivity contribution in [2.24, 2.45) is 11.5 Å². The molecule has 0 rings (SSSR count). The Balaban J connectivity index is 3.69. The van der Waals surface area contributed by atoms with E-state index < -0.39 is 0 Å². The van der Waals surface area contributed by atoms with Crippen LogP contribution in [-0.2, 0) is 0 Å². The van der Waals surface area contributed by atoms with E-state index in [9.17, 15) is 0 Å². The Kier molecular flexibility index (Phi) is 5.62. The number of hydrogen-bond donors (Lipinski definition) is 4. The first-order chi connectivity index (χ1) is 4.68. The Hall–Kier alpha value is 0.620. The van der Waals surface area contributed by atoms with E-state index in [0.717, 1.165) is 24.3 Å². The van der Waals surface area contributed by atoms with Crippen LogP contribution in [0.1, 0.15) is 12.8 Å². The highest BCUT2D eigenvalue weighted by atomic mass is 32.1. The van der Waals surface area contributed by atoms with Gasteiger partial charge in [0, 0.05) is 12.1 Å². The van der Waals surface area contributed by atoms with Gasteiger partial charge in [0.2, 0.25) is 0 Å². The lowest BCUT2D eigenvalue weighted by molar-refractivity contribution is 0.414. The molecule has 0 aliphatic carbocycles. The van der Waals surface area contributed by atoms with Crippen LogP contribution in [0.5, 0.6) is 0 Å². The molecule has 0 atom stereocenters. The Morgan fingerprint density at radius 1 is 1.10 bits per heavy atom. The number of hydrogen-bond acceptors (Lipinski definition) is 4. The molecule has 10 heavy (non-hydrogen) atoms. The molecule has 0 amide bonds. The van der Waals surface area contributed by atoms with Crippen LogP contribution in [0.4, 0.5) is 0 Å². The van der Waals surface area contributed by atoms with Crippen LogP contribution in [0.25, 0.3) is 0 Å². The van der Waals surface area contributed by atoms with Crippen LogP contribution in [0.2, 0.25) is 0 Å². The summed E-state index contributed by atoms with van der Waals surface area (Å²) in [5.74, 6) is 1.59. The third-order valence-corrected chi connectivity index (χ3v) is 2.07. The van der Waals surface area contributed by atoms with Gasteiger partial charge in [-0.1, -0.05) is 0 Å². The van der Waals surface area contributed by atoms with Crippen molar-refractivity contribution in [1.82, 2.24) is 0 Å². The van der Waals surface area contributed by atoms with Crippen LogP contribution in [0.15, 0.2) is 0 Å². The van der Waals surface area contributed by atoms with Crippen LogP contribution < -0.4 is 11.5 Å². The van der Waals surface area contributed by atoms with Gasteiger partial charge in [0.05, 0.1) is 0 Å². The van der Waals surface area contributed by atoms with E-state index >= 15 is 0 Å². The van der Waals surface area contributed by atoms with E-state index in [1.165, 1.54) is 0 Å². The van der Waals surface area contributed by atoms with Crippen molar-refractivity contribution >= 4 is 25.3 Å². The molecule has 0 unspecified atom stereocenters. The molecule has 4 N–H and O–H groups in total. The lowest BCUT2D eigenvalue weighted by atomic mass is 9.95. The fourth-order valence-corrected chi connectivity index (χ4v) is 1.67. The monoisotopic (exact) mass is 180 g/mol. The molecule has 0 aromatic carbocycles. The van der Waals surface area contributed by atoms with Crippen molar-refractivity contribution in [3.8, 4) is 0 Å². The van der Waals surface area contributed by atoms with Crippen LogP contribution in [-0.4, -0.2) is 23.6 Å². The van der Waals surface area contributed by atoms with E-state index in [0.29, 0.717) is 6.54 Å². The van der Waals surface area contributed by atoms with Gasteiger partial charge in [0.15, 0.2) is 0 Å². The first-order valence-electron chi connectivity index (χ1n) is 3.39. The lowest BCUT2D eigenvalue weighted by Gasteiger charge is -2.26. The number of rotatable bonds is 5. The zero-order chi connectivity index (χ0) is 8.04. The molecule has 0 aliphatic heterocycles. The Labute approximate surface area is 73.6 Å². The topological polar surface area (TPSA) is 52.0 Å². The second-order valence-electron chi connectivity index (χ2n) is 2.51. The summed E-state index contributed by atoms with van der Waals surface area (Å²) in [6.45, 7) is 0.522. The van der Waals surface area contributed by atoms with Gasteiger partial charge in [-0.05, 0) is 24.3 Å². The lowest BCUT2D eigenvalue weighted by Crippen LogP contribution is -2.47. The normalized spacial score (nSPS) is 12.0. The van der Waals surface area contributed by atoms with Crippen molar-refractivity contribution in [2.45, 2.75) is 18.4 Å². The molecular weight excluding hydrogens is 164 g/mol. The minimum Gasteiger partial charge on any atom is -0.329 e. The van der Waals surface area contributed by atoms with Crippen LogP contribution >= 0.6 is 25.3 Å². The molecule has 0 bridgehead atoms. The summed E-state index contributed by atoms with van der Waals surface area (Å²) in [5.41, 5.74) is 11.1. The van der Waals surface area contributed by atoms with E-state index in [-0.39, 0.29) is 5.54 Å². The fourth-order valence-electron chi connectivity index (χ4n) is 0.774. The fraction of sp³-hybridized carbons (Fsp3) is 1.00. The van der Waals surface area contributed by atoms with Gasteiger partial charge in [-0.3, -0.25) is 0 Å². The molecule has 0 radical (unpaired) electrons. The Morgan fingerprint density at radius 3 is 1.70 bits per heavy atom. The van der Waals surface area contributed by atoms with E-state index in [1.54, 1.807) is 0 Å². The average Bonchev–Trinajstić information content (AvgIpc) is 1.89. The standard InChI is InChI=1S/C6H16N2S2/c7-5-6(8,1-3-9)2-4-10/h9-10H,1-5,7-8H2. The maximum atomic E-state index is 5.90. The quantitative estimate of drug-likeness (QED) is 0.460. The second-order valence-corrected chi connectivity index (χ2v) is 3.41. The average molecular weight is 180 g/mol. The second kappa shape index (κ2) is 5.29. The highest BCUT2D eigenvalue weighted by Gasteiger charge is 2.20. The zero-order valence-corrected chi connectivity index (χ0v) is 7.87. The van der Waals surface area contributed by atoms with Crippen molar-refractivity contribution in [2.75, 3.05) is 18.1 Å². The first-order valence-corrected chi connectivity index (χ1v) is 4.65. The molecule has 0 aromatic rings. The molecule has 0 aromatic heterocycles. The van der Waals surface area contributed by atoms with Gasteiger partial charge in [-0.25, -0.2) is 0 Å². The molecular formula is C6H16N2S2. The molecule has 0 fully saturated rings. The molecule has 0 spiro atoms. The number of thiol groups is 2. The summed E-state index contributed by atoms with van der Waals surface area (Å²) in [6.07, 6.45) is 1.74. The molecule has 0 heterocycles. The van der Waals surface area contributed by atoms with Gasteiger partial charge in [-0.2, -0.15) is 25.3 Å². The minimum atomic E-state index is -0.233. The number of nitrogens with two attached hydrogens (primary N) is 2. The Morgan fingerprint density at radius 2 is 1.50 bits per heavy atom. The molecule has 0 saturated heterocycles. The summed E-state index contributed by atoms with van der Waals surface area (Å²) in [7, 11) is 0. The van der Waals surface area contributed by atoms with Gasteiger partial charge >= 0.3 is 0 Å². The van der Waals surface area contributed by atoms with Gasteiger partial charge in [-0.15, -0.1) is 0 Å². The first kappa shape index (κ1) is 10.6. The summed E-state index contributed by atoms with van der Waals surface area (Å²) in [5, 5.41) is 0. The molecule has 0 saturated carbocycles. The van der Waals surface area contributed by atoms with Crippen molar-refractivity contribution < 1.29 is 0 Å². The Bertz CT molecular complexity index is 81.8. The van der Waals surface area contributed by atoms with Crippen molar-refractivity contribution in [1.29, 1.82) is 0 Å². The predicted octanol–water partition coefficient (Wildman–Crippen LogP) is 0.282. The smallest absolute Gasteiger partial charge is 0.0294 e. The summed E-state index contributed by atoms with van der Waals surface area (Å²) in [6, 6.07) is 0. The molecule has 2 nitrogen and oxygen atoms in total. The van der Waals surface area contributed by atoms with E-state index in [2.05, 4.69) is 25.3 Å². The molecule has 62 valence electrons. The molecule has 4 heteroatoms. The van der Waals surface area contributed by atoms with Crippen LogP contribution in [0.3, 0.4) is 0 Å². The summed E-state index contributed by atoms with van der Waals surface area (Å²) >= 11 is 8.20.